The van der Waals surface area contributed by atoms with Gasteiger partial charge in [-0.2, -0.15) is 18.3 Å². The molecular weight excluding hydrogens is 535 g/mol. The second-order valence-corrected chi connectivity index (χ2v) is 10.5. The number of ether oxygens (including phenoxy) is 1. The first-order valence-electron chi connectivity index (χ1n) is 11.9. The summed E-state index contributed by atoms with van der Waals surface area (Å²) in [6, 6.07) is 22.6. The van der Waals surface area contributed by atoms with Crippen LogP contribution >= 0.6 is 23.5 Å². The Morgan fingerprint density at radius 3 is 2.37 bits per heavy atom. The van der Waals surface area contributed by atoms with Gasteiger partial charge in [-0.05, 0) is 48.7 Å². The Morgan fingerprint density at radius 2 is 1.76 bits per heavy atom. The van der Waals surface area contributed by atoms with Crippen molar-refractivity contribution in [2.24, 2.45) is 5.10 Å². The van der Waals surface area contributed by atoms with E-state index < -0.39 is 22.2 Å². The number of benzene rings is 3. The van der Waals surface area contributed by atoms with Crippen LogP contribution in [-0.4, -0.2) is 49.2 Å². The maximum Gasteiger partial charge on any atom is 0.417 e. The minimum atomic E-state index is -4.56. The monoisotopic (exact) mass is 561 g/mol. The second-order valence-electron chi connectivity index (χ2n) is 9.01. The van der Waals surface area contributed by atoms with E-state index in [1.807, 2.05) is 67.6 Å². The molecule has 0 N–H and O–H groups in total. The largest absolute Gasteiger partial charge is 0.417 e. The lowest BCUT2D eigenvalue weighted by atomic mass is 9.76. The van der Waals surface area contributed by atoms with E-state index in [0.717, 1.165) is 17.3 Å². The van der Waals surface area contributed by atoms with Crippen LogP contribution < -0.4 is 4.31 Å². The predicted octanol–water partition coefficient (Wildman–Crippen LogP) is 6.66. The zero-order chi connectivity index (χ0) is 27.3. The minimum absolute atomic E-state index is 0.0187. The third kappa shape index (κ3) is 6.17. The van der Waals surface area contributed by atoms with Gasteiger partial charge in [-0.1, -0.05) is 66.2 Å². The second kappa shape index (κ2) is 11.8. The van der Waals surface area contributed by atoms with Crippen LogP contribution in [-0.2, 0) is 21.1 Å². The highest BCUT2D eigenvalue weighted by Crippen LogP contribution is 2.39. The molecule has 4 rings (SSSR count). The van der Waals surface area contributed by atoms with Crippen LogP contribution in [0.3, 0.4) is 0 Å². The molecule has 10 heteroatoms. The Hall–Kier alpha value is -3.01. The predicted molar refractivity (Wildman–Crippen MR) is 147 cm³/mol. The van der Waals surface area contributed by atoms with Crippen molar-refractivity contribution in [3.05, 3.63) is 101 Å². The Balaban J connectivity index is 1.67. The highest BCUT2D eigenvalue weighted by atomic mass is 35.5. The molecule has 200 valence electrons. The van der Waals surface area contributed by atoms with E-state index in [0.29, 0.717) is 30.2 Å². The number of nitrogens with zero attached hydrogens (tertiary/aromatic N) is 3. The van der Waals surface area contributed by atoms with Crippen LogP contribution in [0.4, 0.5) is 18.9 Å². The van der Waals surface area contributed by atoms with E-state index in [1.54, 1.807) is 16.4 Å². The van der Waals surface area contributed by atoms with Crippen molar-refractivity contribution in [2.45, 2.75) is 18.5 Å². The van der Waals surface area contributed by atoms with Gasteiger partial charge in [-0.25, -0.2) is 0 Å². The fourth-order valence-corrected chi connectivity index (χ4v) is 5.59. The zero-order valence-electron chi connectivity index (χ0n) is 20.9. The van der Waals surface area contributed by atoms with Gasteiger partial charge in [0.05, 0.1) is 40.6 Å². The number of hydrogen-bond donors (Lipinski definition) is 0. The number of para-hydroxylation sites is 1. The van der Waals surface area contributed by atoms with E-state index in [4.69, 9.17) is 21.4 Å². The molecule has 0 radical (unpaired) electrons. The summed E-state index contributed by atoms with van der Waals surface area (Å²) in [7, 11) is 1.60. The summed E-state index contributed by atoms with van der Waals surface area (Å²) in [5.74, 6) is 0.403. The Kier molecular flexibility index (Phi) is 8.70. The summed E-state index contributed by atoms with van der Waals surface area (Å²) >= 11 is 7.41. The highest BCUT2D eigenvalue weighted by Gasteiger charge is 2.42. The number of amides is 1. The van der Waals surface area contributed by atoms with Gasteiger partial charge >= 0.3 is 6.18 Å². The molecule has 1 unspecified atom stereocenters. The minimum Gasteiger partial charge on any atom is -0.384 e. The standard InChI is InChI=1S/C28H27ClF3N3O2S/c1-27(21-9-5-3-6-10-21)19-34(33-26(27)20-13-14-23(24(29)17-20)28(30,31)32)18-25(36)35(38-16-15-37-2)22-11-7-4-8-12-22/h3-14,17H,15-16,18-19H2,1-2H3. The molecule has 0 aliphatic carbocycles. The summed E-state index contributed by atoms with van der Waals surface area (Å²) in [6.07, 6.45) is -4.56. The van der Waals surface area contributed by atoms with Crippen LogP contribution in [0.2, 0.25) is 5.02 Å². The van der Waals surface area contributed by atoms with Crippen molar-refractivity contribution in [2.75, 3.05) is 36.9 Å². The molecule has 1 atom stereocenters. The number of hydrogen-bond acceptors (Lipinski definition) is 5. The molecule has 1 aliphatic rings. The first kappa shape index (κ1) is 28.0. The van der Waals surface area contributed by atoms with Crippen molar-refractivity contribution in [1.29, 1.82) is 0 Å². The van der Waals surface area contributed by atoms with Crippen LogP contribution in [0, 0.1) is 0 Å². The van der Waals surface area contributed by atoms with Crippen molar-refractivity contribution < 1.29 is 22.7 Å². The van der Waals surface area contributed by atoms with Gasteiger partial charge in [0.2, 0.25) is 0 Å². The quantitative estimate of drug-likeness (QED) is 0.216. The summed E-state index contributed by atoms with van der Waals surface area (Å²) in [5, 5.41) is 6.04. The average Bonchev–Trinajstić information content (AvgIpc) is 3.23. The van der Waals surface area contributed by atoms with E-state index >= 15 is 0 Å². The van der Waals surface area contributed by atoms with E-state index in [1.165, 1.54) is 24.1 Å². The van der Waals surface area contributed by atoms with Gasteiger partial charge in [-0.3, -0.25) is 14.1 Å². The van der Waals surface area contributed by atoms with Crippen molar-refractivity contribution >= 4 is 40.9 Å². The molecule has 5 nitrogen and oxygen atoms in total. The lowest BCUT2D eigenvalue weighted by Gasteiger charge is -2.28. The number of halogens is 4. The lowest BCUT2D eigenvalue weighted by molar-refractivity contribution is -0.137. The third-order valence-electron chi connectivity index (χ3n) is 6.26. The summed E-state index contributed by atoms with van der Waals surface area (Å²) in [4.78, 5) is 13.5. The molecule has 0 spiro atoms. The Morgan fingerprint density at radius 1 is 1.11 bits per heavy atom. The number of hydrazone groups is 1. The number of carbonyl (C=O) groups is 1. The topological polar surface area (TPSA) is 45.1 Å². The van der Waals surface area contributed by atoms with Crippen LogP contribution in [0.1, 0.15) is 23.6 Å². The number of alkyl halides is 3. The molecule has 3 aromatic carbocycles. The number of carbonyl (C=O) groups excluding carboxylic acids is 1. The van der Waals surface area contributed by atoms with E-state index in [-0.39, 0.29) is 12.5 Å². The van der Waals surface area contributed by atoms with Gasteiger partial charge in [0, 0.05) is 18.4 Å². The van der Waals surface area contributed by atoms with Gasteiger partial charge in [0.1, 0.15) is 6.54 Å². The van der Waals surface area contributed by atoms with Crippen molar-refractivity contribution in [3.63, 3.8) is 0 Å². The molecule has 0 fully saturated rings. The molecule has 0 aromatic heterocycles. The molecule has 38 heavy (non-hydrogen) atoms. The Labute approximate surface area is 229 Å². The summed E-state index contributed by atoms with van der Waals surface area (Å²) < 4.78 is 46.8. The Bertz CT molecular complexity index is 1290. The molecule has 1 aliphatic heterocycles. The third-order valence-corrected chi connectivity index (χ3v) is 7.60. The maximum atomic E-state index is 13.5. The normalized spacial score (nSPS) is 17.4. The number of rotatable bonds is 9. The SMILES string of the molecule is COCCSN(C(=O)CN1CC(C)(c2ccccc2)C(c2ccc(C(F)(F)F)c(Cl)c2)=N1)c1ccccc1. The van der Waals surface area contributed by atoms with Crippen LogP contribution in [0.15, 0.2) is 84.0 Å². The highest BCUT2D eigenvalue weighted by molar-refractivity contribution is 8.01. The molecule has 0 saturated carbocycles. The fourth-order valence-electron chi connectivity index (χ4n) is 4.41. The smallest absolute Gasteiger partial charge is 0.384 e. The molecule has 1 heterocycles. The number of anilines is 1. The lowest BCUT2D eigenvalue weighted by Crippen LogP contribution is -2.39. The first-order valence-corrected chi connectivity index (χ1v) is 13.2. The van der Waals surface area contributed by atoms with Gasteiger partial charge in [0.15, 0.2) is 0 Å². The molecular formula is C28H27ClF3N3O2S. The van der Waals surface area contributed by atoms with Gasteiger partial charge in [0.25, 0.3) is 5.91 Å². The first-order chi connectivity index (χ1) is 18.1. The van der Waals surface area contributed by atoms with Gasteiger partial charge < -0.3 is 4.74 Å². The van der Waals surface area contributed by atoms with Crippen molar-refractivity contribution in [1.82, 2.24) is 5.01 Å². The van der Waals surface area contributed by atoms with Crippen LogP contribution in [0.5, 0.6) is 0 Å². The maximum absolute atomic E-state index is 13.5. The number of methoxy groups -OCH3 is 1. The van der Waals surface area contributed by atoms with E-state index in [9.17, 15) is 18.0 Å². The molecule has 0 saturated heterocycles. The summed E-state index contributed by atoms with van der Waals surface area (Å²) in [6.45, 7) is 2.80. The van der Waals surface area contributed by atoms with Crippen LogP contribution in [0.25, 0.3) is 0 Å². The van der Waals surface area contributed by atoms with Crippen molar-refractivity contribution in [3.8, 4) is 0 Å². The summed E-state index contributed by atoms with van der Waals surface area (Å²) in [5.41, 5.74) is 1.10. The molecule has 1 amide bonds. The molecule has 0 bridgehead atoms. The molecule has 3 aromatic rings. The fraction of sp³-hybridized carbons (Fsp3) is 0.286. The average molecular weight is 562 g/mol. The van der Waals surface area contributed by atoms with E-state index in [2.05, 4.69) is 0 Å². The van der Waals surface area contributed by atoms with Gasteiger partial charge in [-0.15, -0.1) is 0 Å². The zero-order valence-corrected chi connectivity index (χ0v) is 22.5.